The van der Waals surface area contributed by atoms with Gasteiger partial charge in [-0.3, -0.25) is 4.68 Å². The van der Waals surface area contributed by atoms with Crippen LogP contribution in [0.5, 0.6) is 5.88 Å². The largest absolute Gasteiger partial charge is 0.481 e. The zero-order valence-electron chi connectivity index (χ0n) is 12.8. The molecule has 2 heterocycles. The van der Waals surface area contributed by atoms with E-state index in [2.05, 4.69) is 36.2 Å². The fourth-order valence-electron chi connectivity index (χ4n) is 2.25. The van der Waals surface area contributed by atoms with Gasteiger partial charge in [0, 0.05) is 24.8 Å². The lowest BCUT2D eigenvalue weighted by molar-refractivity contribution is 0.397. The monoisotopic (exact) mass is 274 g/mol. The highest BCUT2D eigenvalue weighted by atomic mass is 16.5. The van der Waals surface area contributed by atoms with Gasteiger partial charge in [0.05, 0.1) is 24.2 Å². The Kier molecular flexibility index (Phi) is 4.27. The molecular formula is C15H22N4O. The van der Waals surface area contributed by atoms with Crippen molar-refractivity contribution in [3.05, 3.63) is 35.3 Å². The summed E-state index contributed by atoms with van der Waals surface area (Å²) in [5, 5.41) is 8.01. The third-order valence-electron chi connectivity index (χ3n) is 3.29. The third-order valence-corrected chi connectivity index (χ3v) is 3.29. The van der Waals surface area contributed by atoms with Gasteiger partial charge in [-0.25, -0.2) is 4.98 Å². The molecule has 0 atom stereocenters. The van der Waals surface area contributed by atoms with Crippen LogP contribution < -0.4 is 10.1 Å². The molecule has 0 aliphatic rings. The summed E-state index contributed by atoms with van der Waals surface area (Å²) in [6, 6.07) is 4.25. The Labute approximate surface area is 120 Å². The van der Waals surface area contributed by atoms with Gasteiger partial charge in [0.2, 0.25) is 5.88 Å². The SMILES string of the molecule is COc1ccc(CNc2c(C)nn(C(C)C)c2C)cn1. The van der Waals surface area contributed by atoms with Crippen molar-refractivity contribution in [2.24, 2.45) is 0 Å². The van der Waals surface area contributed by atoms with E-state index < -0.39 is 0 Å². The number of aryl methyl sites for hydroxylation is 1. The van der Waals surface area contributed by atoms with Crippen LogP contribution >= 0.6 is 0 Å². The molecule has 0 unspecified atom stereocenters. The minimum absolute atomic E-state index is 0.368. The lowest BCUT2D eigenvalue weighted by atomic mass is 10.2. The molecule has 0 aliphatic carbocycles. The topological polar surface area (TPSA) is 52.0 Å². The fraction of sp³-hybridized carbons (Fsp3) is 0.467. The van der Waals surface area contributed by atoms with E-state index in [-0.39, 0.29) is 0 Å². The molecule has 1 N–H and O–H groups in total. The number of aromatic nitrogens is 3. The molecule has 0 aliphatic heterocycles. The number of pyridine rings is 1. The van der Waals surface area contributed by atoms with Gasteiger partial charge in [0.1, 0.15) is 0 Å². The summed E-state index contributed by atoms with van der Waals surface area (Å²) in [4.78, 5) is 4.20. The molecule has 0 saturated heterocycles. The van der Waals surface area contributed by atoms with Crippen LogP contribution in [-0.2, 0) is 6.54 Å². The number of hydrogen-bond acceptors (Lipinski definition) is 4. The number of ether oxygens (including phenoxy) is 1. The maximum Gasteiger partial charge on any atom is 0.212 e. The molecule has 2 rings (SSSR count). The maximum absolute atomic E-state index is 5.06. The molecule has 108 valence electrons. The predicted molar refractivity (Wildman–Crippen MR) is 80.2 cm³/mol. The van der Waals surface area contributed by atoms with Crippen LogP contribution in [0.3, 0.4) is 0 Å². The molecule has 5 nitrogen and oxygen atoms in total. The molecule has 0 aromatic carbocycles. The van der Waals surface area contributed by atoms with Gasteiger partial charge in [-0.2, -0.15) is 5.10 Å². The van der Waals surface area contributed by atoms with Crippen molar-refractivity contribution in [1.82, 2.24) is 14.8 Å². The van der Waals surface area contributed by atoms with E-state index in [1.165, 1.54) is 5.69 Å². The molecule has 2 aromatic rings. The number of hydrogen-bond donors (Lipinski definition) is 1. The maximum atomic E-state index is 5.06. The first-order valence-corrected chi connectivity index (χ1v) is 6.81. The second-order valence-electron chi connectivity index (χ2n) is 5.15. The Morgan fingerprint density at radius 2 is 2.05 bits per heavy atom. The van der Waals surface area contributed by atoms with Crippen molar-refractivity contribution in [2.75, 3.05) is 12.4 Å². The van der Waals surface area contributed by atoms with Crippen molar-refractivity contribution in [1.29, 1.82) is 0 Å². The summed E-state index contributed by atoms with van der Waals surface area (Å²) in [6.45, 7) is 9.12. The average Bonchev–Trinajstić information content (AvgIpc) is 2.72. The first-order valence-electron chi connectivity index (χ1n) is 6.81. The second-order valence-corrected chi connectivity index (χ2v) is 5.15. The number of anilines is 1. The van der Waals surface area contributed by atoms with Crippen LogP contribution in [0, 0.1) is 13.8 Å². The lowest BCUT2D eigenvalue weighted by Gasteiger charge is -2.10. The minimum Gasteiger partial charge on any atom is -0.481 e. The standard InChI is InChI=1S/C15H22N4O/c1-10(2)19-12(4)15(11(3)18-19)17-9-13-6-7-14(20-5)16-8-13/h6-8,10,17H,9H2,1-5H3. The average molecular weight is 274 g/mol. The second kappa shape index (κ2) is 5.94. The first-order chi connectivity index (χ1) is 9.52. The first kappa shape index (κ1) is 14.4. The number of rotatable bonds is 5. The number of nitrogens with one attached hydrogen (secondary N) is 1. The van der Waals surface area contributed by atoms with Crippen molar-refractivity contribution >= 4 is 5.69 Å². The Balaban J connectivity index is 2.10. The molecule has 0 spiro atoms. The van der Waals surface area contributed by atoms with E-state index in [4.69, 9.17) is 4.74 Å². The van der Waals surface area contributed by atoms with Crippen LogP contribution in [0.1, 0.15) is 36.8 Å². The summed E-state index contributed by atoms with van der Waals surface area (Å²) in [6.07, 6.45) is 1.82. The highest BCUT2D eigenvalue weighted by molar-refractivity contribution is 5.52. The van der Waals surface area contributed by atoms with E-state index in [1.54, 1.807) is 7.11 Å². The third kappa shape index (κ3) is 2.92. The van der Waals surface area contributed by atoms with Gasteiger partial charge in [-0.15, -0.1) is 0 Å². The summed E-state index contributed by atoms with van der Waals surface area (Å²) in [5.41, 5.74) is 4.41. The van der Waals surface area contributed by atoms with Gasteiger partial charge < -0.3 is 10.1 Å². The van der Waals surface area contributed by atoms with Gasteiger partial charge in [-0.05, 0) is 33.3 Å². The van der Waals surface area contributed by atoms with E-state index in [1.807, 2.05) is 29.9 Å². The van der Waals surface area contributed by atoms with Gasteiger partial charge in [0.15, 0.2) is 0 Å². The smallest absolute Gasteiger partial charge is 0.212 e. The quantitative estimate of drug-likeness (QED) is 0.910. The Bertz CT molecular complexity index is 572. The van der Waals surface area contributed by atoms with E-state index in [0.717, 1.165) is 23.5 Å². The van der Waals surface area contributed by atoms with E-state index in [0.29, 0.717) is 11.9 Å². The van der Waals surface area contributed by atoms with Gasteiger partial charge in [0.25, 0.3) is 0 Å². The van der Waals surface area contributed by atoms with Crippen LogP contribution in [0.15, 0.2) is 18.3 Å². The zero-order chi connectivity index (χ0) is 14.7. The normalized spacial score (nSPS) is 10.9. The minimum atomic E-state index is 0.368. The molecular weight excluding hydrogens is 252 g/mol. The summed E-state index contributed by atoms with van der Waals surface area (Å²) >= 11 is 0. The highest BCUT2D eigenvalue weighted by Gasteiger charge is 2.12. The van der Waals surface area contributed by atoms with Crippen molar-refractivity contribution in [3.63, 3.8) is 0 Å². The van der Waals surface area contributed by atoms with Crippen molar-refractivity contribution < 1.29 is 4.74 Å². The van der Waals surface area contributed by atoms with Crippen LogP contribution in [0.4, 0.5) is 5.69 Å². The summed E-state index contributed by atoms with van der Waals surface area (Å²) in [5.74, 6) is 0.633. The van der Waals surface area contributed by atoms with Crippen LogP contribution in [0.25, 0.3) is 0 Å². The van der Waals surface area contributed by atoms with Crippen LogP contribution in [0.2, 0.25) is 0 Å². The molecule has 5 heteroatoms. The van der Waals surface area contributed by atoms with Gasteiger partial charge in [-0.1, -0.05) is 6.07 Å². The van der Waals surface area contributed by atoms with Gasteiger partial charge >= 0.3 is 0 Å². The Hall–Kier alpha value is -2.04. The van der Waals surface area contributed by atoms with E-state index in [9.17, 15) is 0 Å². The lowest BCUT2D eigenvalue weighted by Crippen LogP contribution is -2.06. The summed E-state index contributed by atoms with van der Waals surface area (Å²) < 4.78 is 7.10. The fourth-order valence-corrected chi connectivity index (χ4v) is 2.25. The highest BCUT2D eigenvalue weighted by Crippen LogP contribution is 2.23. The molecule has 2 aromatic heterocycles. The molecule has 20 heavy (non-hydrogen) atoms. The molecule has 0 bridgehead atoms. The Morgan fingerprint density at radius 1 is 1.30 bits per heavy atom. The number of methoxy groups -OCH3 is 1. The Morgan fingerprint density at radius 3 is 2.55 bits per heavy atom. The molecule has 0 saturated carbocycles. The predicted octanol–water partition coefficient (Wildman–Crippen LogP) is 3.10. The van der Waals surface area contributed by atoms with Crippen molar-refractivity contribution in [2.45, 2.75) is 40.3 Å². The molecule has 0 amide bonds. The number of nitrogens with zero attached hydrogens (tertiary/aromatic N) is 3. The van der Waals surface area contributed by atoms with Crippen molar-refractivity contribution in [3.8, 4) is 5.88 Å². The molecule has 0 radical (unpaired) electrons. The summed E-state index contributed by atoms with van der Waals surface area (Å²) in [7, 11) is 1.62. The zero-order valence-corrected chi connectivity index (χ0v) is 12.8. The van der Waals surface area contributed by atoms with Crippen LogP contribution in [-0.4, -0.2) is 21.9 Å². The molecule has 0 fully saturated rings. The van der Waals surface area contributed by atoms with E-state index >= 15 is 0 Å².